The van der Waals surface area contributed by atoms with Crippen molar-refractivity contribution in [2.45, 2.75) is 552 Å². The van der Waals surface area contributed by atoms with Gasteiger partial charge in [0.1, 0.15) is 33.6 Å². The summed E-state index contributed by atoms with van der Waals surface area (Å²) in [5, 5.41) is 0. The van der Waals surface area contributed by atoms with Crippen molar-refractivity contribution >= 4 is 35.8 Å². The molecular weight excluding hydrogens is 1620 g/mol. The van der Waals surface area contributed by atoms with E-state index in [9.17, 15) is 28.8 Å². The van der Waals surface area contributed by atoms with E-state index in [0.29, 0.717) is 59.2 Å². The zero-order valence-corrected chi connectivity index (χ0v) is 80.5. The second kappa shape index (κ2) is 48.3. The molecule has 0 aromatic carbocycles. The normalized spacial score (nSPS) is 38.9. The quantitative estimate of drug-likeness (QED) is 0.0666. The molecule has 0 amide bonds. The number of esters is 6. The Labute approximate surface area is 814 Å². The Morgan fingerprint density at radius 1 is 0.275 bits per heavy atom. The third kappa shape index (κ3) is 24.9. The molecule has 24 bridgehead atoms. The van der Waals surface area contributed by atoms with Gasteiger partial charge in [-0.3, -0.25) is 28.8 Å². The van der Waals surface area contributed by atoms with Crippen molar-refractivity contribution in [2.75, 3.05) is 0 Å². The summed E-state index contributed by atoms with van der Waals surface area (Å²) < 4.78 is 37.2. The number of unbranched alkanes of at least 4 members (excludes halogenated alkanes) is 1. The van der Waals surface area contributed by atoms with Crippen LogP contribution in [-0.2, 0) is 57.2 Å². The molecule has 0 radical (unpaired) electrons. The van der Waals surface area contributed by atoms with Crippen LogP contribution in [0.15, 0.2) is 0 Å². The summed E-state index contributed by atoms with van der Waals surface area (Å²) >= 11 is 0. The van der Waals surface area contributed by atoms with Gasteiger partial charge in [-0.25, -0.2) is 0 Å². The maximum absolute atomic E-state index is 12.8. The standard InChI is InChI=1S/C20H34O2.C19H32O2.C18H30O2.2C17H28O2.C16H26O2.12CH4/c1-5-7-8-20(22-18(21)19(3,4)6-2)16-10-14-9-15(12-16)13-17(20)11-14;1-6-17(2,3)16(20)21-18(4,5)19-10-13-7-14(11-19)9-15(8-13)12-19;1-5-17(3,4)16(19)20-18(6-2)14-8-12-7-13(10-14)11-15(18)9-12;1-5-16(2,3)15(18)19-17(4)13-7-11-6-12(9-13)10-14(17)8-11;1-4-11(3)16(18)19-17(5-2)14-7-12-6-13(9-14)10-15(17)8-12;1-4-10(2)15(17)18-16(3)13-6-11-5-12(8-13)9-14(16)7-11;;;;;;;;;;;;/h14-17H,5-13H2,1-4H3;13-15H,6-12H2,1-5H3;12-15H,5-11H2,1-4H3;11-14H,5-10H2,1-4H3;11-15H,4-10H2,1-3H3;10-14H,4-9H2,1-3H3;12*1H4. The van der Waals surface area contributed by atoms with Gasteiger partial charge in [-0.15, -0.1) is 0 Å². The van der Waals surface area contributed by atoms with E-state index in [-0.39, 0.29) is 197 Å². The van der Waals surface area contributed by atoms with Gasteiger partial charge in [-0.1, -0.05) is 172 Å². The molecule has 0 saturated heterocycles. The topological polar surface area (TPSA) is 158 Å². The molecule has 2 unspecified atom stereocenters. The zero-order valence-electron chi connectivity index (χ0n) is 80.5. The predicted octanol–water partition coefficient (Wildman–Crippen LogP) is 34.7. The average Bonchev–Trinajstić information content (AvgIpc) is 0.735. The number of carbonyl (C=O) groups excluding carboxylic acids is 6. The second-order valence-corrected chi connectivity index (χ2v) is 49.2. The average molecular weight is 1850 g/mol. The predicted molar refractivity (Wildman–Crippen MR) is 558 cm³/mol. The number of hydrogen-bond donors (Lipinski definition) is 0. The van der Waals surface area contributed by atoms with Gasteiger partial charge in [0.25, 0.3) is 0 Å². The van der Waals surface area contributed by atoms with Crippen molar-refractivity contribution in [2.24, 2.45) is 175 Å². The van der Waals surface area contributed by atoms with Gasteiger partial charge in [0, 0.05) is 5.41 Å². The van der Waals surface area contributed by atoms with E-state index in [0.717, 1.165) is 135 Å². The van der Waals surface area contributed by atoms with Gasteiger partial charge >= 0.3 is 35.8 Å². The van der Waals surface area contributed by atoms with Gasteiger partial charge in [-0.2, -0.15) is 0 Å². The van der Waals surface area contributed by atoms with Crippen LogP contribution in [0.3, 0.4) is 0 Å². The molecule has 24 rings (SSSR count). The Balaban J connectivity index is 0.000000773. The van der Waals surface area contributed by atoms with Crippen LogP contribution in [-0.4, -0.2) is 69.4 Å². The Morgan fingerprint density at radius 2 is 0.489 bits per heavy atom. The Kier molecular flexibility index (Phi) is 46.4. The monoisotopic (exact) mass is 1850 g/mol. The highest BCUT2D eigenvalue weighted by atomic mass is 16.6. The Morgan fingerprint density at radius 3 is 0.740 bits per heavy atom. The molecule has 24 aliphatic rings. The van der Waals surface area contributed by atoms with Crippen LogP contribution in [0, 0.1) is 175 Å². The third-order valence-electron chi connectivity index (χ3n) is 40.0. The van der Waals surface area contributed by atoms with Crippen molar-refractivity contribution in [1.82, 2.24) is 0 Å². The van der Waals surface area contributed by atoms with E-state index in [1.54, 1.807) is 0 Å². The molecule has 12 heteroatoms. The fraction of sp³-hybridized carbons (Fsp3) is 0.950. The molecule has 0 aliphatic heterocycles. The van der Waals surface area contributed by atoms with E-state index in [4.69, 9.17) is 28.4 Å². The van der Waals surface area contributed by atoms with Crippen molar-refractivity contribution in [1.29, 1.82) is 0 Å². The summed E-state index contributed by atoms with van der Waals surface area (Å²) in [4.78, 5) is 75.0. The maximum atomic E-state index is 12.8. The molecule has 0 heterocycles. The molecule has 24 fully saturated rings. The SMILES string of the molecule is C.C.C.C.C.C.C.C.C.C.C.C.CCC(C)(C)C(=O)OC(C)(C)C12CC3CC(CC(C3)C1)C2.CCC(C)(C)C(=O)OC1(C)C2CC3CC(C2)CC1C3.CCC(C)(C)C(=O)OC1(CC)C2CC3CC(C2)CC1C3.CCC(C)C(=O)OC1(C)C2CC3CC(C2)CC1C3.CCC(C)C(=O)OC1(CC)C2CC3CC(C2)CC1C3.CCCCC1(OC(=O)C(C)(C)CC)C2CC3CC(C2)CC1C3. The minimum absolute atomic E-state index is 0. The molecule has 0 aromatic rings. The van der Waals surface area contributed by atoms with Crippen molar-refractivity contribution < 1.29 is 57.2 Å². The van der Waals surface area contributed by atoms with Gasteiger partial charge in [0.15, 0.2) is 0 Å². The van der Waals surface area contributed by atoms with Crippen LogP contribution >= 0.6 is 0 Å². The number of hydrogen-bond acceptors (Lipinski definition) is 12. The number of ether oxygens (including phenoxy) is 6. The highest BCUT2D eigenvalue weighted by Gasteiger charge is 2.66. The fourth-order valence-electron chi connectivity index (χ4n) is 31.0. The van der Waals surface area contributed by atoms with Gasteiger partial charge in [0.05, 0.1) is 33.5 Å². The first-order chi connectivity index (χ1) is 56.0. The lowest BCUT2D eigenvalue weighted by Crippen LogP contribution is -2.60. The molecule has 24 saturated carbocycles. The van der Waals surface area contributed by atoms with Crippen molar-refractivity contribution in [3.8, 4) is 0 Å². The van der Waals surface area contributed by atoms with Crippen LogP contribution in [0.25, 0.3) is 0 Å². The molecule has 12 nitrogen and oxygen atoms in total. The summed E-state index contributed by atoms with van der Waals surface area (Å²) in [6.45, 7) is 48.1. The van der Waals surface area contributed by atoms with Crippen molar-refractivity contribution in [3.63, 3.8) is 0 Å². The maximum Gasteiger partial charge on any atom is 0.312 e. The van der Waals surface area contributed by atoms with E-state index >= 15 is 0 Å². The summed E-state index contributed by atoms with van der Waals surface area (Å²) in [5.41, 5.74) is -2.10. The van der Waals surface area contributed by atoms with Crippen LogP contribution in [0.1, 0.15) is 518 Å². The lowest BCUT2D eigenvalue weighted by Gasteiger charge is -2.61. The minimum atomic E-state index is -0.362. The molecule has 0 aromatic heterocycles. The number of rotatable bonds is 24. The van der Waals surface area contributed by atoms with Gasteiger partial charge < -0.3 is 28.4 Å². The summed E-state index contributed by atoms with van der Waals surface area (Å²) in [6.07, 6.45) is 52.2. The van der Waals surface area contributed by atoms with Crippen LogP contribution < -0.4 is 0 Å². The van der Waals surface area contributed by atoms with E-state index in [1.807, 2.05) is 69.2 Å². The third-order valence-corrected chi connectivity index (χ3v) is 40.0. The first kappa shape index (κ1) is 126. The highest BCUT2D eigenvalue weighted by Crippen LogP contribution is 2.68. The summed E-state index contributed by atoms with van der Waals surface area (Å²) in [5.74, 6) is 18.7. The summed E-state index contributed by atoms with van der Waals surface area (Å²) in [7, 11) is 0. The number of carbonyl (C=O) groups is 6. The van der Waals surface area contributed by atoms with Gasteiger partial charge in [0.2, 0.25) is 0 Å². The zero-order chi connectivity index (χ0) is 86.3. The molecule has 0 spiro atoms. The van der Waals surface area contributed by atoms with Crippen LogP contribution in [0.2, 0.25) is 0 Å². The van der Waals surface area contributed by atoms with E-state index < -0.39 is 0 Å². The molecule has 24 aliphatic carbocycles. The van der Waals surface area contributed by atoms with Gasteiger partial charge in [-0.05, 0) is 482 Å². The fourth-order valence-corrected chi connectivity index (χ4v) is 31.0. The lowest BCUT2D eigenvalue weighted by molar-refractivity contribution is -0.220. The summed E-state index contributed by atoms with van der Waals surface area (Å²) in [6, 6.07) is 0. The van der Waals surface area contributed by atoms with E-state index in [2.05, 4.69) is 90.0 Å². The largest absolute Gasteiger partial charge is 0.459 e. The Bertz CT molecular complexity index is 3330. The smallest absolute Gasteiger partial charge is 0.312 e. The second-order valence-electron chi connectivity index (χ2n) is 49.2. The lowest BCUT2D eigenvalue weighted by atomic mass is 9.46. The minimum Gasteiger partial charge on any atom is -0.459 e. The van der Waals surface area contributed by atoms with E-state index in [1.165, 1.54) is 212 Å². The molecular formula is C119H226O12. The van der Waals surface area contributed by atoms with Crippen LogP contribution in [0.4, 0.5) is 0 Å². The van der Waals surface area contributed by atoms with Crippen molar-refractivity contribution in [3.05, 3.63) is 0 Å². The Hall–Kier alpha value is -3.18. The molecule has 774 valence electrons. The first-order valence-corrected chi connectivity index (χ1v) is 51.3. The molecule has 0 N–H and O–H groups in total. The first-order valence-electron chi connectivity index (χ1n) is 51.3. The highest BCUT2D eigenvalue weighted by molar-refractivity contribution is 5.78. The van der Waals surface area contributed by atoms with Crippen LogP contribution in [0.5, 0.6) is 0 Å². The molecule has 2 atom stereocenters. The molecule has 131 heavy (non-hydrogen) atoms.